The fourth-order valence-corrected chi connectivity index (χ4v) is 6.40. The van der Waals surface area contributed by atoms with E-state index in [2.05, 4.69) is 151 Å². The second-order valence-electron chi connectivity index (χ2n) is 10.8. The lowest BCUT2D eigenvalue weighted by Crippen LogP contribution is -1.91. The number of hydrogen-bond donors (Lipinski definition) is 0. The van der Waals surface area contributed by atoms with Crippen LogP contribution in [0.15, 0.2) is 152 Å². The predicted molar refractivity (Wildman–Crippen MR) is 177 cm³/mol. The van der Waals surface area contributed by atoms with E-state index in [0.717, 1.165) is 22.6 Å². The van der Waals surface area contributed by atoms with Crippen LogP contribution in [0.2, 0.25) is 0 Å². The maximum absolute atomic E-state index is 4.90. The highest BCUT2D eigenvalue weighted by Gasteiger charge is 2.17. The van der Waals surface area contributed by atoms with Crippen LogP contribution in [-0.4, -0.2) is 9.38 Å². The van der Waals surface area contributed by atoms with Gasteiger partial charge in [-0.2, -0.15) is 0 Å². The van der Waals surface area contributed by atoms with Crippen LogP contribution in [0.25, 0.3) is 71.8 Å². The topological polar surface area (TPSA) is 17.3 Å². The monoisotopic (exact) mass is 536 g/mol. The molecule has 2 heteroatoms. The molecule has 2 heterocycles. The number of fused-ring (bicyclic) bond motifs is 3. The van der Waals surface area contributed by atoms with Crippen molar-refractivity contribution in [2.45, 2.75) is 6.92 Å². The summed E-state index contributed by atoms with van der Waals surface area (Å²) in [6.45, 7) is 2.13. The molecular formula is C40H28N2. The van der Waals surface area contributed by atoms with Gasteiger partial charge in [-0.15, -0.1) is 0 Å². The smallest absolute Gasteiger partial charge is 0.137 e. The van der Waals surface area contributed by atoms with Gasteiger partial charge in [-0.05, 0) is 80.0 Å². The number of nitrogens with zero attached hydrogens (tertiary/aromatic N) is 2. The van der Waals surface area contributed by atoms with Gasteiger partial charge in [-0.1, -0.05) is 127 Å². The van der Waals surface area contributed by atoms with Gasteiger partial charge >= 0.3 is 0 Å². The molecule has 8 aromatic rings. The summed E-state index contributed by atoms with van der Waals surface area (Å²) in [6, 6.07) is 52.3. The van der Waals surface area contributed by atoms with Crippen LogP contribution >= 0.6 is 0 Å². The van der Waals surface area contributed by atoms with Crippen LogP contribution in [0.4, 0.5) is 0 Å². The Kier molecular flexibility index (Phi) is 5.72. The first-order chi connectivity index (χ1) is 20.8. The van der Waals surface area contributed by atoms with Crippen molar-refractivity contribution in [3.63, 3.8) is 0 Å². The number of benzene rings is 6. The molecule has 0 aliphatic carbocycles. The number of aromatic nitrogens is 2. The molecular weight excluding hydrogens is 508 g/mol. The number of rotatable bonds is 4. The van der Waals surface area contributed by atoms with Gasteiger partial charge in [0.2, 0.25) is 0 Å². The fourth-order valence-electron chi connectivity index (χ4n) is 6.40. The molecule has 0 atom stereocenters. The summed E-state index contributed by atoms with van der Waals surface area (Å²) in [7, 11) is 0. The van der Waals surface area contributed by atoms with Crippen LogP contribution in [-0.2, 0) is 0 Å². The normalized spacial score (nSPS) is 11.5. The number of aryl methyl sites for hydroxylation is 1. The van der Waals surface area contributed by atoms with Crippen molar-refractivity contribution in [1.29, 1.82) is 0 Å². The third kappa shape index (κ3) is 3.92. The first-order valence-electron chi connectivity index (χ1n) is 14.4. The highest BCUT2D eigenvalue weighted by Crippen LogP contribution is 2.44. The molecule has 0 fully saturated rings. The van der Waals surface area contributed by atoms with Gasteiger partial charge in [0.25, 0.3) is 0 Å². The molecule has 2 nitrogen and oxygen atoms in total. The van der Waals surface area contributed by atoms with E-state index in [1.165, 1.54) is 54.9 Å². The van der Waals surface area contributed by atoms with Gasteiger partial charge in [0.1, 0.15) is 5.65 Å². The van der Waals surface area contributed by atoms with E-state index in [0.29, 0.717) is 0 Å². The zero-order valence-electron chi connectivity index (χ0n) is 23.3. The molecule has 42 heavy (non-hydrogen) atoms. The molecule has 0 aliphatic heterocycles. The number of pyridine rings is 1. The molecule has 0 aliphatic rings. The SMILES string of the molecule is Cc1c(-c2ccc(-c3ccc4c(-c5ccccc5)c5ccccc5c(-c5ccccc5)c4c3)cc2)nc2ccccn12. The van der Waals surface area contributed by atoms with E-state index in [4.69, 9.17) is 4.98 Å². The van der Waals surface area contributed by atoms with Gasteiger partial charge in [0.05, 0.1) is 5.69 Å². The maximum Gasteiger partial charge on any atom is 0.137 e. The summed E-state index contributed by atoms with van der Waals surface area (Å²) in [5.41, 5.74) is 11.7. The third-order valence-corrected chi connectivity index (χ3v) is 8.41. The molecule has 0 amide bonds. The van der Waals surface area contributed by atoms with Crippen LogP contribution in [0.5, 0.6) is 0 Å². The lowest BCUT2D eigenvalue weighted by molar-refractivity contribution is 1.11. The minimum Gasteiger partial charge on any atom is -0.304 e. The van der Waals surface area contributed by atoms with Gasteiger partial charge in [0.15, 0.2) is 0 Å². The summed E-state index contributed by atoms with van der Waals surface area (Å²) in [4.78, 5) is 4.90. The van der Waals surface area contributed by atoms with Gasteiger partial charge < -0.3 is 4.40 Å². The Bertz CT molecular complexity index is 2230. The van der Waals surface area contributed by atoms with Crippen molar-refractivity contribution in [2.24, 2.45) is 0 Å². The lowest BCUT2D eigenvalue weighted by atomic mass is 9.85. The van der Waals surface area contributed by atoms with E-state index in [1.807, 2.05) is 12.1 Å². The van der Waals surface area contributed by atoms with E-state index >= 15 is 0 Å². The Morgan fingerprint density at radius 3 is 1.60 bits per heavy atom. The van der Waals surface area contributed by atoms with Gasteiger partial charge in [-0.25, -0.2) is 4.98 Å². The summed E-state index contributed by atoms with van der Waals surface area (Å²) >= 11 is 0. The zero-order valence-corrected chi connectivity index (χ0v) is 23.3. The van der Waals surface area contributed by atoms with Crippen molar-refractivity contribution < 1.29 is 0 Å². The van der Waals surface area contributed by atoms with Crippen molar-refractivity contribution >= 4 is 27.2 Å². The van der Waals surface area contributed by atoms with E-state index in [-0.39, 0.29) is 0 Å². The molecule has 0 saturated heterocycles. The Morgan fingerprint density at radius 1 is 0.429 bits per heavy atom. The van der Waals surface area contributed by atoms with Crippen molar-refractivity contribution in [3.8, 4) is 44.6 Å². The fraction of sp³-hybridized carbons (Fsp3) is 0.0250. The number of hydrogen-bond acceptors (Lipinski definition) is 1. The molecule has 198 valence electrons. The third-order valence-electron chi connectivity index (χ3n) is 8.41. The Labute approximate surface area is 245 Å². The molecule has 6 aromatic carbocycles. The summed E-state index contributed by atoms with van der Waals surface area (Å²) < 4.78 is 2.15. The quantitative estimate of drug-likeness (QED) is 0.205. The Hall–Kier alpha value is -5.47. The largest absolute Gasteiger partial charge is 0.304 e. The summed E-state index contributed by atoms with van der Waals surface area (Å²) in [5.74, 6) is 0. The minimum atomic E-state index is 0.971. The predicted octanol–water partition coefficient (Wildman–Crippen LogP) is 10.6. The zero-order chi connectivity index (χ0) is 28.0. The maximum atomic E-state index is 4.90. The lowest BCUT2D eigenvalue weighted by Gasteiger charge is -2.18. The molecule has 0 radical (unpaired) electrons. The minimum absolute atomic E-state index is 0.971. The van der Waals surface area contributed by atoms with Gasteiger partial charge in [-0.3, -0.25) is 0 Å². The highest BCUT2D eigenvalue weighted by atomic mass is 15.0. The highest BCUT2D eigenvalue weighted by molar-refractivity contribution is 6.21. The Balaban J connectivity index is 1.34. The van der Waals surface area contributed by atoms with E-state index < -0.39 is 0 Å². The molecule has 0 saturated carbocycles. The van der Waals surface area contributed by atoms with Crippen molar-refractivity contribution in [3.05, 3.63) is 157 Å². The first-order valence-corrected chi connectivity index (χ1v) is 14.4. The average molecular weight is 537 g/mol. The molecule has 0 bridgehead atoms. The van der Waals surface area contributed by atoms with Crippen LogP contribution in [0, 0.1) is 6.92 Å². The standard InChI is InChI=1S/C40H28N2/c1-27-40(41-37-18-10-11-25-42(27)37)31-21-19-28(20-22-31)32-23-24-35-36(26-32)39(30-14-6-3-7-15-30)34-17-9-8-16-33(34)38(35)29-12-4-2-5-13-29/h2-26H,1H3. The van der Waals surface area contributed by atoms with Crippen LogP contribution in [0.1, 0.15) is 5.69 Å². The molecule has 2 aromatic heterocycles. The molecule has 0 spiro atoms. The van der Waals surface area contributed by atoms with Crippen molar-refractivity contribution in [1.82, 2.24) is 9.38 Å². The Morgan fingerprint density at radius 2 is 0.952 bits per heavy atom. The number of imidazole rings is 1. The summed E-state index contributed by atoms with van der Waals surface area (Å²) in [5, 5.41) is 5.07. The molecule has 8 rings (SSSR count). The second-order valence-corrected chi connectivity index (χ2v) is 10.8. The second kappa shape index (κ2) is 9.87. The van der Waals surface area contributed by atoms with Gasteiger partial charge in [0, 0.05) is 17.5 Å². The van der Waals surface area contributed by atoms with E-state index in [9.17, 15) is 0 Å². The summed E-state index contributed by atoms with van der Waals surface area (Å²) in [6.07, 6.45) is 2.07. The molecule has 0 N–H and O–H groups in total. The molecule has 0 unspecified atom stereocenters. The van der Waals surface area contributed by atoms with Crippen LogP contribution in [0.3, 0.4) is 0 Å². The van der Waals surface area contributed by atoms with E-state index in [1.54, 1.807) is 0 Å². The first kappa shape index (κ1) is 24.3. The van der Waals surface area contributed by atoms with Crippen molar-refractivity contribution in [2.75, 3.05) is 0 Å². The van der Waals surface area contributed by atoms with Crippen LogP contribution < -0.4 is 0 Å². The average Bonchev–Trinajstić information content (AvgIpc) is 3.40.